The smallest absolute Gasteiger partial charge is 0.336 e. The molecule has 0 spiro atoms. The van der Waals surface area contributed by atoms with Crippen LogP contribution in [0.3, 0.4) is 0 Å². The number of anilines is 1. The maximum absolute atomic E-state index is 11.3. The summed E-state index contributed by atoms with van der Waals surface area (Å²) >= 11 is 3.27. The van der Waals surface area contributed by atoms with E-state index in [4.69, 9.17) is 0 Å². The van der Waals surface area contributed by atoms with Crippen LogP contribution in [0.2, 0.25) is 0 Å². The quantitative estimate of drug-likeness (QED) is 0.372. The van der Waals surface area contributed by atoms with Crippen molar-refractivity contribution in [3.05, 3.63) is 64.1 Å². The van der Waals surface area contributed by atoms with E-state index in [1.807, 2.05) is 5.38 Å². The second-order valence-electron chi connectivity index (χ2n) is 5.73. The van der Waals surface area contributed by atoms with Crippen LogP contribution >= 0.6 is 22.7 Å². The molecule has 3 aromatic heterocycles. The summed E-state index contributed by atoms with van der Waals surface area (Å²) in [6.07, 6.45) is 2.99. The summed E-state index contributed by atoms with van der Waals surface area (Å²) in [6, 6.07) is 8.79. The van der Waals surface area contributed by atoms with E-state index in [1.165, 1.54) is 18.1 Å². The molecule has 0 fully saturated rings. The minimum Gasteiger partial charge on any atom is -0.478 e. The molecule has 0 aliphatic heterocycles. The van der Waals surface area contributed by atoms with Gasteiger partial charge in [0, 0.05) is 16.0 Å². The number of fused-ring (bicyclic) bond motifs is 1. The topological polar surface area (TPSA) is 87.5 Å². The summed E-state index contributed by atoms with van der Waals surface area (Å²) in [6.45, 7) is 2.05. The van der Waals surface area contributed by atoms with Gasteiger partial charge in [0.15, 0.2) is 5.82 Å². The highest BCUT2D eigenvalue weighted by Crippen LogP contribution is 2.40. The first kappa shape index (κ1) is 17.3. The molecular formula is C19H14N4O2S2. The Hall–Kier alpha value is -3.10. The Morgan fingerprint density at radius 3 is 2.89 bits per heavy atom. The number of hydrogen-bond donors (Lipinski definition) is 2. The third-order valence-corrected chi connectivity index (χ3v) is 6.07. The molecule has 4 rings (SSSR count). The summed E-state index contributed by atoms with van der Waals surface area (Å²) in [5, 5.41) is 17.6. The van der Waals surface area contributed by atoms with Gasteiger partial charge in [0.1, 0.15) is 6.33 Å². The van der Waals surface area contributed by atoms with Crippen molar-refractivity contribution in [2.75, 3.05) is 5.43 Å². The van der Waals surface area contributed by atoms with Crippen LogP contribution in [0, 0.1) is 6.92 Å². The Morgan fingerprint density at radius 2 is 2.11 bits per heavy atom. The van der Waals surface area contributed by atoms with Gasteiger partial charge in [-0.05, 0) is 35.4 Å². The standard InChI is InChI=1S/C19H14N4O2S2/c1-11-15-17(27-16(11)13-6-7-26-9-13)18(21-10-20-15)23-22-8-12-4-2-3-5-14(12)19(24)25/h2-10H,1H3,(H,24,25)(H,20,21,23). The van der Waals surface area contributed by atoms with Gasteiger partial charge in [-0.15, -0.1) is 11.3 Å². The first-order chi connectivity index (χ1) is 13.1. The SMILES string of the molecule is Cc1c(-c2ccsc2)sc2c(NN=Cc3ccccc3C(=O)O)ncnc12. The van der Waals surface area contributed by atoms with E-state index in [0.29, 0.717) is 11.4 Å². The minimum atomic E-state index is -0.990. The predicted molar refractivity (Wildman–Crippen MR) is 110 cm³/mol. The molecule has 8 heteroatoms. The lowest BCUT2D eigenvalue weighted by molar-refractivity contribution is 0.0697. The van der Waals surface area contributed by atoms with Crippen LogP contribution in [0.5, 0.6) is 0 Å². The number of benzene rings is 1. The Balaban J connectivity index is 1.67. The molecule has 0 saturated heterocycles. The Kier molecular flexibility index (Phi) is 4.66. The molecule has 6 nitrogen and oxygen atoms in total. The van der Waals surface area contributed by atoms with E-state index in [9.17, 15) is 9.90 Å². The highest BCUT2D eigenvalue weighted by Gasteiger charge is 2.15. The lowest BCUT2D eigenvalue weighted by Gasteiger charge is -2.02. The van der Waals surface area contributed by atoms with Gasteiger partial charge >= 0.3 is 5.97 Å². The molecule has 0 unspecified atom stereocenters. The highest BCUT2D eigenvalue weighted by molar-refractivity contribution is 7.23. The van der Waals surface area contributed by atoms with E-state index in [0.717, 1.165) is 20.7 Å². The van der Waals surface area contributed by atoms with Gasteiger partial charge in [0.05, 0.1) is 22.0 Å². The second kappa shape index (κ2) is 7.26. The minimum absolute atomic E-state index is 0.197. The predicted octanol–water partition coefficient (Wildman–Crippen LogP) is 4.87. The maximum Gasteiger partial charge on any atom is 0.336 e. The van der Waals surface area contributed by atoms with Gasteiger partial charge in [0.2, 0.25) is 0 Å². The Labute approximate surface area is 162 Å². The second-order valence-corrected chi connectivity index (χ2v) is 7.53. The van der Waals surface area contributed by atoms with Crippen molar-refractivity contribution in [3.63, 3.8) is 0 Å². The zero-order valence-corrected chi connectivity index (χ0v) is 15.8. The maximum atomic E-state index is 11.3. The zero-order chi connectivity index (χ0) is 18.8. The first-order valence-corrected chi connectivity index (χ1v) is 9.79. The normalized spacial score (nSPS) is 11.3. The number of nitrogens with zero attached hydrogens (tertiary/aromatic N) is 3. The first-order valence-electron chi connectivity index (χ1n) is 8.03. The molecule has 27 heavy (non-hydrogen) atoms. The number of aromatic nitrogens is 2. The number of carbonyl (C=O) groups is 1. The average Bonchev–Trinajstić information content (AvgIpc) is 3.31. The van der Waals surface area contributed by atoms with E-state index >= 15 is 0 Å². The highest BCUT2D eigenvalue weighted by atomic mass is 32.1. The van der Waals surface area contributed by atoms with Crippen LogP contribution in [0.4, 0.5) is 5.82 Å². The summed E-state index contributed by atoms with van der Waals surface area (Å²) in [5.74, 6) is -0.394. The van der Waals surface area contributed by atoms with Crippen LogP contribution in [0.1, 0.15) is 21.5 Å². The summed E-state index contributed by atoms with van der Waals surface area (Å²) in [5.41, 5.74) is 6.81. The Bertz CT molecular complexity index is 1150. The molecule has 0 amide bonds. The van der Waals surface area contributed by atoms with Gasteiger partial charge in [-0.1, -0.05) is 18.2 Å². The fourth-order valence-corrected chi connectivity index (χ4v) is 4.66. The molecule has 0 radical (unpaired) electrons. The fraction of sp³-hybridized carbons (Fsp3) is 0.0526. The molecule has 2 N–H and O–H groups in total. The molecule has 4 aromatic rings. The number of aromatic carboxylic acids is 1. The van der Waals surface area contributed by atoms with Crippen LogP contribution in [-0.2, 0) is 0 Å². The summed E-state index contributed by atoms with van der Waals surface area (Å²) in [7, 11) is 0. The number of carboxylic acids is 1. The number of aryl methyl sites for hydroxylation is 1. The number of hydrazone groups is 1. The van der Waals surface area contributed by atoms with Crippen molar-refractivity contribution >= 4 is 50.9 Å². The van der Waals surface area contributed by atoms with Gasteiger partial charge in [-0.25, -0.2) is 14.8 Å². The van der Waals surface area contributed by atoms with Gasteiger partial charge in [-0.3, -0.25) is 5.43 Å². The molecule has 134 valence electrons. The molecule has 0 aliphatic rings. The van der Waals surface area contributed by atoms with Crippen molar-refractivity contribution in [1.29, 1.82) is 0 Å². The molecule has 0 aliphatic carbocycles. The van der Waals surface area contributed by atoms with Crippen LogP contribution in [0.15, 0.2) is 52.5 Å². The molecule has 3 heterocycles. The van der Waals surface area contributed by atoms with Crippen molar-refractivity contribution in [2.45, 2.75) is 6.92 Å². The van der Waals surface area contributed by atoms with E-state index in [1.54, 1.807) is 46.9 Å². The monoisotopic (exact) mass is 394 g/mol. The van der Waals surface area contributed by atoms with Crippen molar-refractivity contribution in [2.24, 2.45) is 5.10 Å². The van der Waals surface area contributed by atoms with E-state index in [2.05, 4.69) is 38.9 Å². The van der Waals surface area contributed by atoms with Crippen molar-refractivity contribution in [1.82, 2.24) is 9.97 Å². The third-order valence-electron chi connectivity index (χ3n) is 4.05. The molecule has 0 bridgehead atoms. The largest absolute Gasteiger partial charge is 0.478 e. The fourth-order valence-electron chi connectivity index (χ4n) is 2.74. The molecule has 0 atom stereocenters. The van der Waals surface area contributed by atoms with Crippen LogP contribution in [-0.4, -0.2) is 27.3 Å². The number of thiophene rings is 2. The van der Waals surface area contributed by atoms with Crippen molar-refractivity contribution in [3.8, 4) is 10.4 Å². The van der Waals surface area contributed by atoms with Crippen LogP contribution in [0.25, 0.3) is 20.7 Å². The number of hydrogen-bond acceptors (Lipinski definition) is 7. The summed E-state index contributed by atoms with van der Waals surface area (Å²) in [4.78, 5) is 21.1. The number of rotatable bonds is 5. The van der Waals surface area contributed by atoms with Crippen LogP contribution < -0.4 is 5.43 Å². The summed E-state index contributed by atoms with van der Waals surface area (Å²) < 4.78 is 0.917. The van der Waals surface area contributed by atoms with Gasteiger partial charge < -0.3 is 5.11 Å². The third kappa shape index (κ3) is 3.32. The molecular weight excluding hydrogens is 380 g/mol. The number of nitrogens with one attached hydrogen (secondary N) is 1. The van der Waals surface area contributed by atoms with E-state index < -0.39 is 5.97 Å². The average molecular weight is 394 g/mol. The lowest BCUT2D eigenvalue weighted by atomic mass is 10.1. The zero-order valence-electron chi connectivity index (χ0n) is 14.2. The van der Waals surface area contributed by atoms with E-state index in [-0.39, 0.29) is 5.56 Å². The van der Waals surface area contributed by atoms with Crippen molar-refractivity contribution < 1.29 is 9.90 Å². The number of carboxylic acid groups (broad SMARTS) is 1. The van der Waals surface area contributed by atoms with Gasteiger partial charge in [0.25, 0.3) is 0 Å². The lowest BCUT2D eigenvalue weighted by Crippen LogP contribution is -2.02. The Morgan fingerprint density at radius 1 is 1.26 bits per heavy atom. The molecule has 1 aromatic carbocycles. The molecule has 0 saturated carbocycles. The van der Waals surface area contributed by atoms with Gasteiger partial charge in [-0.2, -0.15) is 16.4 Å².